The molecule has 0 saturated heterocycles. The molecule has 0 bridgehead atoms. The van der Waals surface area contributed by atoms with Crippen molar-refractivity contribution in [3.05, 3.63) is 54.3 Å². The minimum Gasteiger partial charge on any atom is -0.497 e. The van der Waals surface area contributed by atoms with Crippen molar-refractivity contribution in [3.8, 4) is 17.1 Å². The topological polar surface area (TPSA) is 95.1 Å². The number of benzene rings is 2. The third kappa shape index (κ3) is 4.12. The van der Waals surface area contributed by atoms with Crippen molar-refractivity contribution in [2.24, 2.45) is 0 Å². The average molecular weight is 373 g/mol. The van der Waals surface area contributed by atoms with Gasteiger partial charge in [-0.25, -0.2) is 9.07 Å². The molecule has 3 aromatic rings. The Morgan fingerprint density at radius 2 is 1.88 bits per heavy atom. The number of nitrogens with one attached hydrogen (secondary N) is 1. The molecule has 7 nitrogen and oxygen atoms in total. The first kappa shape index (κ1) is 17.7. The van der Waals surface area contributed by atoms with Crippen LogP contribution in [0.2, 0.25) is 0 Å². The van der Waals surface area contributed by atoms with Crippen LogP contribution in [-0.2, 0) is 4.79 Å². The molecule has 0 unspecified atom stereocenters. The molecule has 0 aliphatic carbocycles. The lowest BCUT2D eigenvalue weighted by Crippen LogP contribution is -2.16. The van der Waals surface area contributed by atoms with Gasteiger partial charge >= 0.3 is 0 Å². The molecule has 9 heteroatoms. The van der Waals surface area contributed by atoms with E-state index >= 15 is 0 Å². The number of ether oxygens (including phenoxy) is 1. The molecule has 3 rings (SSSR count). The zero-order valence-electron chi connectivity index (χ0n) is 13.8. The van der Waals surface area contributed by atoms with Gasteiger partial charge in [-0.2, -0.15) is 0 Å². The maximum absolute atomic E-state index is 13.0. The quantitative estimate of drug-likeness (QED) is 0.509. The SMILES string of the molecule is COc1ccc(NC(=O)CSc2nnc(-c3ccc(F)cc3)n2N)cc1. The predicted octanol–water partition coefficient (Wildman–Crippen LogP) is 2.54. The van der Waals surface area contributed by atoms with E-state index in [9.17, 15) is 9.18 Å². The Balaban J connectivity index is 1.60. The molecule has 3 N–H and O–H groups in total. The van der Waals surface area contributed by atoms with Crippen molar-refractivity contribution in [2.75, 3.05) is 24.0 Å². The van der Waals surface area contributed by atoms with Gasteiger partial charge in [-0.1, -0.05) is 11.8 Å². The number of methoxy groups -OCH3 is 1. The monoisotopic (exact) mass is 373 g/mol. The van der Waals surface area contributed by atoms with Crippen LogP contribution in [0.15, 0.2) is 53.7 Å². The zero-order chi connectivity index (χ0) is 18.5. The van der Waals surface area contributed by atoms with Crippen LogP contribution < -0.4 is 15.9 Å². The summed E-state index contributed by atoms with van der Waals surface area (Å²) in [6.45, 7) is 0. The van der Waals surface area contributed by atoms with Gasteiger partial charge in [0.05, 0.1) is 12.9 Å². The van der Waals surface area contributed by atoms with Gasteiger partial charge in [0.2, 0.25) is 11.1 Å². The van der Waals surface area contributed by atoms with Crippen molar-refractivity contribution in [1.29, 1.82) is 0 Å². The minimum absolute atomic E-state index is 0.116. The van der Waals surface area contributed by atoms with Crippen molar-refractivity contribution in [3.63, 3.8) is 0 Å². The van der Waals surface area contributed by atoms with Crippen LogP contribution in [0, 0.1) is 5.82 Å². The van der Waals surface area contributed by atoms with E-state index in [-0.39, 0.29) is 17.5 Å². The Bertz CT molecular complexity index is 897. The molecule has 1 amide bonds. The summed E-state index contributed by atoms with van der Waals surface area (Å²) in [5.41, 5.74) is 1.30. The van der Waals surface area contributed by atoms with Crippen LogP contribution in [0.1, 0.15) is 0 Å². The fraction of sp³-hybridized carbons (Fsp3) is 0.118. The number of carbonyl (C=O) groups excluding carboxylic acids is 1. The number of halogens is 1. The molecule has 0 saturated carbocycles. The summed E-state index contributed by atoms with van der Waals surface area (Å²) in [6.07, 6.45) is 0. The second kappa shape index (κ2) is 7.87. The molecular formula is C17H16FN5O2S. The maximum atomic E-state index is 13.0. The predicted molar refractivity (Wildman–Crippen MR) is 97.9 cm³/mol. The first-order chi connectivity index (χ1) is 12.6. The first-order valence-electron chi connectivity index (χ1n) is 7.60. The minimum atomic E-state index is -0.346. The number of hydrogen-bond donors (Lipinski definition) is 2. The van der Waals surface area contributed by atoms with E-state index in [0.29, 0.717) is 28.0 Å². The van der Waals surface area contributed by atoms with Gasteiger partial charge in [-0.15, -0.1) is 10.2 Å². The summed E-state index contributed by atoms with van der Waals surface area (Å²) in [6, 6.07) is 12.8. The first-order valence-corrected chi connectivity index (χ1v) is 8.58. The van der Waals surface area contributed by atoms with Crippen LogP contribution in [0.3, 0.4) is 0 Å². The van der Waals surface area contributed by atoms with E-state index < -0.39 is 0 Å². The van der Waals surface area contributed by atoms with Crippen LogP contribution in [0.4, 0.5) is 10.1 Å². The van der Waals surface area contributed by atoms with E-state index in [1.54, 1.807) is 43.5 Å². The molecule has 0 fully saturated rings. The van der Waals surface area contributed by atoms with E-state index in [2.05, 4.69) is 15.5 Å². The number of aromatic nitrogens is 3. The number of rotatable bonds is 6. The zero-order valence-corrected chi connectivity index (χ0v) is 14.7. The van der Waals surface area contributed by atoms with E-state index in [1.807, 2.05) is 0 Å². The number of nitrogens with zero attached hydrogens (tertiary/aromatic N) is 3. The highest BCUT2D eigenvalue weighted by Gasteiger charge is 2.14. The smallest absolute Gasteiger partial charge is 0.234 e. The van der Waals surface area contributed by atoms with Gasteiger partial charge in [0, 0.05) is 11.3 Å². The Hall–Kier alpha value is -3.07. The highest BCUT2D eigenvalue weighted by atomic mass is 32.2. The normalized spacial score (nSPS) is 10.5. The molecule has 0 spiro atoms. The van der Waals surface area contributed by atoms with E-state index in [0.717, 1.165) is 11.8 Å². The van der Waals surface area contributed by atoms with Gasteiger partial charge in [-0.3, -0.25) is 4.79 Å². The lowest BCUT2D eigenvalue weighted by atomic mass is 10.2. The van der Waals surface area contributed by atoms with Gasteiger partial charge in [-0.05, 0) is 48.5 Å². The number of carbonyl (C=O) groups is 1. The summed E-state index contributed by atoms with van der Waals surface area (Å²) in [5.74, 6) is 6.65. The molecule has 0 aliphatic heterocycles. The molecule has 1 heterocycles. The summed E-state index contributed by atoms with van der Waals surface area (Å²) >= 11 is 1.15. The number of nitrogen functional groups attached to an aromatic ring is 1. The highest BCUT2D eigenvalue weighted by Crippen LogP contribution is 2.22. The molecule has 2 aromatic carbocycles. The van der Waals surface area contributed by atoms with Crippen molar-refractivity contribution in [2.45, 2.75) is 5.16 Å². The third-order valence-corrected chi connectivity index (χ3v) is 4.42. The Labute approximate surface area is 153 Å². The lowest BCUT2D eigenvalue weighted by Gasteiger charge is -2.06. The number of hydrogen-bond acceptors (Lipinski definition) is 6. The van der Waals surface area contributed by atoms with Crippen LogP contribution >= 0.6 is 11.8 Å². The Morgan fingerprint density at radius 1 is 1.19 bits per heavy atom. The highest BCUT2D eigenvalue weighted by molar-refractivity contribution is 7.99. The number of thioether (sulfide) groups is 1. The largest absolute Gasteiger partial charge is 0.497 e. The van der Waals surface area contributed by atoms with Crippen LogP contribution in [0.25, 0.3) is 11.4 Å². The standard InChI is InChI=1S/C17H16FN5O2S/c1-25-14-8-6-13(7-9-14)20-15(24)10-26-17-22-21-16(23(17)19)11-2-4-12(18)5-3-11/h2-9H,10,19H2,1H3,(H,20,24). The number of nitrogens with two attached hydrogens (primary N) is 1. The van der Waals surface area contributed by atoms with Crippen LogP contribution in [-0.4, -0.2) is 33.6 Å². The summed E-state index contributed by atoms with van der Waals surface area (Å²) in [4.78, 5) is 12.1. The van der Waals surface area contributed by atoms with Crippen LogP contribution in [0.5, 0.6) is 5.75 Å². The summed E-state index contributed by atoms with van der Waals surface area (Å²) in [7, 11) is 1.58. The fourth-order valence-corrected chi connectivity index (χ4v) is 2.83. The molecule has 0 aliphatic rings. The van der Waals surface area contributed by atoms with E-state index in [4.69, 9.17) is 10.6 Å². The van der Waals surface area contributed by atoms with Gasteiger partial charge in [0.25, 0.3) is 0 Å². The van der Waals surface area contributed by atoms with Crippen molar-refractivity contribution < 1.29 is 13.9 Å². The summed E-state index contributed by atoms with van der Waals surface area (Å²) in [5, 5.41) is 11.1. The van der Waals surface area contributed by atoms with E-state index in [1.165, 1.54) is 16.8 Å². The third-order valence-electron chi connectivity index (χ3n) is 3.47. The molecule has 26 heavy (non-hydrogen) atoms. The second-order valence-electron chi connectivity index (χ2n) is 5.25. The molecule has 134 valence electrons. The summed E-state index contributed by atoms with van der Waals surface area (Å²) < 4.78 is 19.4. The Morgan fingerprint density at radius 3 is 2.54 bits per heavy atom. The second-order valence-corrected chi connectivity index (χ2v) is 6.19. The van der Waals surface area contributed by atoms with Crippen molar-refractivity contribution >= 4 is 23.4 Å². The number of amides is 1. The Kier molecular flexibility index (Phi) is 5.37. The lowest BCUT2D eigenvalue weighted by molar-refractivity contribution is -0.113. The van der Waals surface area contributed by atoms with Crippen molar-refractivity contribution in [1.82, 2.24) is 14.9 Å². The maximum Gasteiger partial charge on any atom is 0.234 e. The molecule has 0 atom stereocenters. The van der Waals surface area contributed by atoms with Gasteiger partial charge < -0.3 is 15.9 Å². The van der Waals surface area contributed by atoms with Gasteiger partial charge in [0.1, 0.15) is 11.6 Å². The van der Waals surface area contributed by atoms with Gasteiger partial charge in [0.15, 0.2) is 5.82 Å². The molecule has 1 aromatic heterocycles. The number of anilines is 1. The molecule has 0 radical (unpaired) electrons. The fourth-order valence-electron chi connectivity index (χ4n) is 2.17. The average Bonchev–Trinajstić information content (AvgIpc) is 3.02. The molecular weight excluding hydrogens is 357 g/mol.